The third-order valence-corrected chi connectivity index (χ3v) is 2.57. The van der Waals surface area contributed by atoms with Gasteiger partial charge in [0.05, 0.1) is 10.6 Å². The molecule has 0 amide bonds. The molecule has 0 bridgehead atoms. The fourth-order valence-corrected chi connectivity index (χ4v) is 2.03. The maximum Gasteiger partial charge on any atom is 0.416 e. The molecule has 0 spiro atoms. The standard InChI is InChI=1S/C9H9ClF3NS/c1-5(2)15-8-4-6(9(11,12)13)3-7(10)14-8/h3-5H,1-2H3. The molecule has 0 aliphatic carbocycles. The number of halogens is 4. The minimum absolute atomic E-state index is 0.132. The Bertz CT molecular complexity index is 352. The number of alkyl halides is 3. The van der Waals surface area contributed by atoms with Crippen molar-refractivity contribution in [2.45, 2.75) is 30.3 Å². The monoisotopic (exact) mass is 255 g/mol. The molecule has 0 aromatic carbocycles. The lowest BCUT2D eigenvalue weighted by Gasteiger charge is -2.09. The Balaban J connectivity index is 3.06. The third-order valence-electron chi connectivity index (χ3n) is 1.45. The van der Waals surface area contributed by atoms with Crippen LogP contribution >= 0.6 is 23.4 Å². The van der Waals surface area contributed by atoms with Crippen molar-refractivity contribution in [2.24, 2.45) is 0 Å². The highest BCUT2D eigenvalue weighted by molar-refractivity contribution is 7.99. The molecule has 1 aromatic rings. The molecule has 1 nitrogen and oxygen atoms in total. The zero-order valence-corrected chi connectivity index (χ0v) is 9.67. The topological polar surface area (TPSA) is 12.9 Å². The maximum absolute atomic E-state index is 12.4. The van der Waals surface area contributed by atoms with Crippen LogP contribution in [0.5, 0.6) is 0 Å². The van der Waals surface area contributed by atoms with Gasteiger partial charge in [-0.15, -0.1) is 11.8 Å². The van der Waals surface area contributed by atoms with Gasteiger partial charge in [-0.3, -0.25) is 0 Å². The van der Waals surface area contributed by atoms with E-state index in [2.05, 4.69) is 4.98 Å². The van der Waals surface area contributed by atoms with Gasteiger partial charge in [-0.25, -0.2) is 4.98 Å². The second kappa shape index (κ2) is 4.61. The van der Waals surface area contributed by atoms with E-state index in [-0.39, 0.29) is 10.4 Å². The molecule has 0 unspecified atom stereocenters. The predicted octanol–water partition coefficient (Wildman–Crippen LogP) is 4.25. The van der Waals surface area contributed by atoms with E-state index in [4.69, 9.17) is 11.6 Å². The maximum atomic E-state index is 12.4. The number of hydrogen-bond donors (Lipinski definition) is 0. The molecule has 0 aliphatic rings. The highest BCUT2D eigenvalue weighted by atomic mass is 35.5. The lowest BCUT2D eigenvalue weighted by molar-refractivity contribution is -0.137. The van der Waals surface area contributed by atoms with Gasteiger partial charge in [0.1, 0.15) is 5.15 Å². The summed E-state index contributed by atoms with van der Waals surface area (Å²) in [7, 11) is 0. The lowest BCUT2D eigenvalue weighted by Crippen LogP contribution is -2.06. The summed E-state index contributed by atoms with van der Waals surface area (Å²) in [6.45, 7) is 3.75. The molecule has 0 saturated carbocycles. The van der Waals surface area contributed by atoms with Crippen LogP contribution in [0.25, 0.3) is 0 Å². The molecule has 0 fully saturated rings. The van der Waals surface area contributed by atoms with Gasteiger partial charge in [-0.2, -0.15) is 13.2 Å². The van der Waals surface area contributed by atoms with Gasteiger partial charge in [0.25, 0.3) is 0 Å². The van der Waals surface area contributed by atoms with Crippen molar-refractivity contribution in [3.8, 4) is 0 Å². The molecule has 0 aliphatic heterocycles. The number of nitrogens with zero attached hydrogens (tertiary/aromatic N) is 1. The molecule has 0 atom stereocenters. The molecule has 6 heteroatoms. The number of rotatable bonds is 2. The summed E-state index contributed by atoms with van der Waals surface area (Å²) in [5.41, 5.74) is -0.759. The van der Waals surface area contributed by atoms with Crippen LogP contribution in [-0.4, -0.2) is 10.2 Å². The molecule has 0 radical (unpaired) electrons. The summed E-state index contributed by atoms with van der Waals surface area (Å²) in [5.74, 6) is 0. The first-order valence-electron chi connectivity index (χ1n) is 4.20. The molecule has 0 N–H and O–H groups in total. The zero-order valence-electron chi connectivity index (χ0n) is 8.10. The smallest absolute Gasteiger partial charge is 0.230 e. The van der Waals surface area contributed by atoms with E-state index in [1.165, 1.54) is 11.8 Å². The van der Waals surface area contributed by atoms with Crippen molar-refractivity contribution in [3.63, 3.8) is 0 Å². The van der Waals surface area contributed by atoms with Crippen molar-refractivity contribution >= 4 is 23.4 Å². The summed E-state index contributed by atoms with van der Waals surface area (Å²) in [6, 6.07) is 1.84. The fourth-order valence-electron chi connectivity index (χ4n) is 0.938. The Kier molecular flexibility index (Phi) is 3.89. The second-order valence-corrected chi connectivity index (χ2v) is 5.17. The van der Waals surface area contributed by atoms with Crippen LogP contribution in [0.4, 0.5) is 13.2 Å². The van der Waals surface area contributed by atoms with Crippen molar-refractivity contribution in [1.29, 1.82) is 0 Å². The molecular weight excluding hydrogens is 247 g/mol. The first kappa shape index (κ1) is 12.6. The highest BCUT2D eigenvalue weighted by Crippen LogP contribution is 2.33. The SMILES string of the molecule is CC(C)Sc1cc(C(F)(F)F)cc(Cl)n1. The molecule has 15 heavy (non-hydrogen) atoms. The normalized spacial score (nSPS) is 12.2. The minimum atomic E-state index is -4.38. The Morgan fingerprint density at radius 1 is 1.33 bits per heavy atom. The predicted molar refractivity (Wildman–Crippen MR) is 55.2 cm³/mol. The quantitative estimate of drug-likeness (QED) is 0.579. The average molecular weight is 256 g/mol. The van der Waals surface area contributed by atoms with Crippen molar-refractivity contribution < 1.29 is 13.2 Å². The summed E-state index contributed by atoms with van der Waals surface area (Å²) >= 11 is 6.76. The molecule has 0 saturated heterocycles. The van der Waals surface area contributed by atoms with Crippen molar-refractivity contribution in [2.75, 3.05) is 0 Å². The first-order valence-corrected chi connectivity index (χ1v) is 5.46. The van der Waals surface area contributed by atoms with Crippen LogP contribution in [0.1, 0.15) is 19.4 Å². The highest BCUT2D eigenvalue weighted by Gasteiger charge is 2.31. The van der Waals surface area contributed by atoms with Crippen molar-refractivity contribution in [3.05, 3.63) is 22.8 Å². The van der Waals surface area contributed by atoms with Crippen LogP contribution in [-0.2, 0) is 6.18 Å². The Morgan fingerprint density at radius 2 is 1.93 bits per heavy atom. The summed E-state index contributed by atoms with van der Waals surface area (Å²) in [6.07, 6.45) is -4.38. The number of pyridine rings is 1. The third kappa shape index (κ3) is 3.91. The molecule has 1 aromatic heterocycles. The van der Waals surface area contributed by atoms with Crippen molar-refractivity contribution in [1.82, 2.24) is 4.98 Å². The average Bonchev–Trinajstić information content (AvgIpc) is 1.99. The fraction of sp³-hybridized carbons (Fsp3) is 0.444. The van der Waals surface area contributed by atoms with E-state index in [9.17, 15) is 13.2 Å². The Morgan fingerprint density at radius 3 is 2.40 bits per heavy atom. The number of thioether (sulfide) groups is 1. The molecule has 1 rings (SSSR count). The Labute approximate surface area is 95.0 Å². The summed E-state index contributed by atoms with van der Waals surface area (Å²) in [4.78, 5) is 3.82. The van der Waals surface area contributed by atoms with Crippen LogP contribution in [0.2, 0.25) is 5.15 Å². The molecular formula is C9H9ClF3NS. The van der Waals surface area contributed by atoms with Gasteiger partial charge in [0, 0.05) is 5.25 Å². The van der Waals surface area contributed by atoms with E-state index in [0.29, 0.717) is 5.03 Å². The van der Waals surface area contributed by atoms with Gasteiger partial charge in [-0.1, -0.05) is 25.4 Å². The Hall–Kier alpha value is -0.420. The van der Waals surface area contributed by atoms with Crippen LogP contribution in [0, 0.1) is 0 Å². The zero-order chi connectivity index (χ0) is 11.6. The van der Waals surface area contributed by atoms with Gasteiger partial charge in [-0.05, 0) is 12.1 Å². The van der Waals surface area contributed by atoms with Gasteiger partial charge < -0.3 is 0 Å². The second-order valence-electron chi connectivity index (χ2n) is 3.18. The largest absolute Gasteiger partial charge is 0.416 e. The minimum Gasteiger partial charge on any atom is -0.230 e. The summed E-state index contributed by atoms with van der Waals surface area (Å²) < 4.78 is 37.2. The molecule has 84 valence electrons. The van der Waals surface area contributed by atoms with E-state index in [0.717, 1.165) is 12.1 Å². The van der Waals surface area contributed by atoms with E-state index >= 15 is 0 Å². The van der Waals surface area contributed by atoms with E-state index in [1.807, 2.05) is 13.8 Å². The molecule has 1 heterocycles. The van der Waals surface area contributed by atoms with Gasteiger partial charge >= 0.3 is 6.18 Å². The first-order chi connectivity index (χ1) is 6.79. The van der Waals surface area contributed by atoms with E-state index < -0.39 is 11.7 Å². The van der Waals surface area contributed by atoms with Crippen LogP contribution in [0.3, 0.4) is 0 Å². The lowest BCUT2D eigenvalue weighted by atomic mass is 10.3. The number of aromatic nitrogens is 1. The van der Waals surface area contributed by atoms with Crippen LogP contribution in [0.15, 0.2) is 17.2 Å². The number of hydrogen-bond acceptors (Lipinski definition) is 2. The van der Waals surface area contributed by atoms with E-state index in [1.54, 1.807) is 0 Å². The summed E-state index contributed by atoms with van der Waals surface area (Å²) in [5, 5.41) is 0.329. The van der Waals surface area contributed by atoms with Gasteiger partial charge in [0.15, 0.2) is 0 Å². The van der Waals surface area contributed by atoms with Gasteiger partial charge in [0.2, 0.25) is 0 Å². The van der Waals surface area contributed by atoms with Crippen LogP contribution < -0.4 is 0 Å².